The average molecular weight is 256 g/mol. The molecule has 1 amide bonds. The third-order valence-electron chi connectivity index (χ3n) is 3.72. The van der Waals surface area contributed by atoms with Gasteiger partial charge in [-0.05, 0) is 37.1 Å². The highest BCUT2D eigenvalue weighted by atomic mass is 16.4. The van der Waals surface area contributed by atoms with Gasteiger partial charge >= 0.3 is 5.97 Å². The normalized spacial score (nSPS) is 19.1. The van der Waals surface area contributed by atoms with E-state index in [-0.39, 0.29) is 17.2 Å². The molecule has 4 N–H and O–H groups in total. The van der Waals surface area contributed by atoms with E-state index < -0.39 is 12.0 Å². The zero-order valence-corrected chi connectivity index (χ0v) is 11.2. The molecular weight excluding hydrogens is 232 g/mol. The minimum atomic E-state index is -0.965. The molecule has 0 aromatic heterocycles. The van der Waals surface area contributed by atoms with Crippen LogP contribution in [-0.2, 0) is 9.59 Å². The number of nitrogens with two attached hydrogens (primary N) is 1. The van der Waals surface area contributed by atoms with E-state index in [1.165, 1.54) is 0 Å². The van der Waals surface area contributed by atoms with Crippen molar-refractivity contribution in [2.24, 2.45) is 17.1 Å². The first-order valence-corrected chi connectivity index (χ1v) is 6.61. The van der Waals surface area contributed by atoms with Crippen molar-refractivity contribution in [1.82, 2.24) is 5.32 Å². The topological polar surface area (TPSA) is 92.4 Å². The van der Waals surface area contributed by atoms with Crippen LogP contribution in [0.15, 0.2) is 0 Å². The Balaban J connectivity index is 2.48. The lowest BCUT2D eigenvalue weighted by molar-refractivity contribution is -0.142. The lowest BCUT2D eigenvalue weighted by Gasteiger charge is -2.40. The maximum atomic E-state index is 11.9. The van der Waals surface area contributed by atoms with Crippen LogP contribution < -0.4 is 11.1 Å². The molecule has 104 valence electrons. The number of carboxylic acid groups (broad SMARTS) is 1. The van der Waals surface area contributed by atoms with Crippen LogP contribution in [0.5, 0.6) is 0 Å². The Bertz CT molecular complexity index is 306. The molecule has 5 nitrogen and oxygen atoms in total. The summed E-state index contributed by atoms with van der Waals surface area (Å²) >= 11 is 0. The molecule has 1 atom stereocenters. The summed E-state index contributed by atoms with van der Waals surface area (Å²) in [6.07, 6.45) is 3.86. The lowest BCUT2D eigenvalue weighted by Crippen LogP contribution is -2.46. The molecule has 0 aromatic carbocycles. The Kier molecular flexibility index (Phi) is 5.14. The fraction of sp³-hybridized carbons (Fsp3) is 0.846. The highest BCUT2D eigenvalue weighted by Crippen LogP contribution is 2.42. The maximum absolute atomic E-state index is 11.9. The molecule has 0 aliphatic heterocycles. The van der Waals surface area contributed by atoms with Crippen LogP contribution in [0.1, 0.15) is 46.0 Å². The largest absolute Gasteiger partial charge is 0.480 e. The van der Waals surface area contributed by atoms with Crippen molar-refractivity contribution in [2.75, 3.05) is 6.54 Å². The third-order valence-corrected chi connectivity index (χ3v) is 3.72. The number of hydrogen-bond donors (Lipinski definition) is 3. The first kappa shape index (κ1) is 15.0. The molecule has 1 rings (SSSR count). The number of carbonyl (C=O) groups is 2. The fourth-order valence-corrected chi connectivity index (χ4v) is 2.41. The lowest BCUT2D eigenvalue weighted by atomic mass is 9.66. The van der Waals surface area contributed by atoms with Crippen LogP contribution in [0.4, 0.5) is 0 Å². The van der Waals surface area contributed by atoms with Gasteiger partial charge in [0.25, 0.3) is 0 Å². The monoisotopic (exact) mass is 256 g/mol. The number of rotatable bonds is 7. The molecule has 0 heterocycles. The van der Waals surface area contributed by atoms with Crippen molar-refractivity contribution in [3.63, 3.8) is 0 Å². The van der Waals surface area contributed by atoms with E-state index >= 15 is 0 Å². The minimum Gasteiger partial charge on any atom is -0.480 e. The molecule has 5 heteroatoms. The third kappa shape index (κ3) is 3.98. The summed E-state index contributed by atoms with van der Waals surface area (Å²) in [7, 11) is 0. The van der Waals surface area contributed by atoms with E-state index in [1.54, 1.807) is 0 Å². The van der Waals surface area contributed by atoms with Crippen molar-refractivity contribution in [2.45, 2.75) is 52.0 Å². The predicted molar refractivity (Wildman–Crippen MR) is 69.0 cm³/mol. The highest BCUT2D eigenvalue weighted by Gasteiger charge is 2.38. The summed E-state index contributed by atoms with van der Waals surface area (Å²) in [4.78, 5) is 22.9. The van der Waals surface area contributed by atoms with Gasteiger partial charge in [0.1, 0.15) is 6.04 Å². The van der Waals surface area contributed by atoms with E-state index in [4.69, 9.17) is 10.8 Å². The van der Waals surface area contributed by atoms with E-state index in [2.05, 4.69) is 5.32 Å². The molecular formula is C13H24N2O3. The summed E-state index contributed by atoms with van der Waals surface area (Å²) in [5.74, 6) is -0.917. The number of carbonyl (C=O) groups excluding carboxylic acids is 1. The summed E-state index contributed by atoms with van der Waals surface area (Å²) in [5, 5.41) is 11.7. The Labute approximate surface area is 108 Å². The summed E-state index contributed by atoms with van der Waals surface area (Å²) in [5.41, 5.74) is 5.61. The quantitative estimate of drug-likeness (QED) is 0.636. The van der Waals surface area contributed by atoms with Gasteiger partial charge in [-0.1, -0.05) is 20.3 Å². The minimum absolute atomic E-state index is 0.0784. The second-order valence-corrected chi connectivity index (χ2v) is 5.82. The SMILES string of the molecule is CC(C)CC(NC(=O)CC1(CN)CCC1)C(=O)O. The molecule has 18 heavy (non-hydrogen) atoms. The second kappa shape index (κ2) is 6.18. The summed E-state index contributed by atoms with van der Waals surface area (Å²) < 4.78 is 0. The molecule has 0 bridgehead atoms. The Morgan fingerprint density at radius 1 is 1.39 bits per heavy atom. The maximum Gasteiger partial charge on any atom is 0.326 e. The van der Waals surface area contributed by atoms with Crippen LogP contribution in [0.25, 0.3) is 0 Å². The van der Waals surface area contributed by atoms with E-state index in [0.717, 1.165) is 19.3 Å². The van der Waals surface area contributed by atoms with Crippen LogP contribution in [0.3, 0.4) is 0 Å². The number of amides is 1. The van der Waals surface area contributed by atoms with Crippen LogP contribution >= 0.6 is 0 Å². The van der Waals surface area contributed by atoms with E-state index in [1.807, 2.05) is 13.8 Å². The standard InChI is InChI=1S/C13H24N2O3/c1-9(2)6-10(12(17)18)15-11(16)7-13(8-14)4-3-5-13/h9-10H,3-8,14H2,1-2H3,(H,15,16)(H,17,18). The van der Waals surface area contributed by atoms with Gasteiger partial charge in [0.05, 0.1) is 0 Å². The smallest absolute Gasteiger partial charge is 0.326 e. The molecule has 1 fully saturated rings. The molecule has 1 aliphatic carbocycles. The van der Waals surface area contributed by atoms with Crippen LogP contribution in [0.2, 0.25) is 0 Å². The number of carboxylic acids is 1. The van der Waals surface area contributed by atoms with E-state index in [0.29, 0.717) is 19.4 Å². The Hall–Kier alpha value is -1.10. The predicted octanol–water partition coefficient (Wildman–Crippen LogP) is 1.12. The Morgan fingerprint density at radius 3 is 2.33 bits per heavy atom. The molecule has 0 spiro atoms. The zero-order valence-electron chi connectivity index (χ0n) is 11.2. The van der Waals surface area contributed by atoms with Gasteiger partial charge in [0.15, 0.2) is 0 Å². The Morgan fingerprint density at radius 2 is 2.00 bits per heavy atom. The van der Waals surface area contributed by atoms with Crippen LogP contribution in [0, 0.1) is 11.3 Å². The summed E-state index contributed by atoms with van der Waals surface area (Å²) in [6.45, 7) is 4.38. The number of hydrogen-bond acceptors (Lipinski definition) is 3. The summed E-state index contributed by atoms with van der Waals surface area (Å²) in [6, 6.07) is -0.785. The average Bonchev–Trinajstić information content (AvgIpc) is 2.21. The van der Waals surface area contributed by atoms with Gasteiger partial charge in [0.2, 0.25) is 5.91 Å². The van der Waals surface area contributed by atoms with Crippen LogP contribution in [-0.4, -0.2) is 29.6 Å². The molecule has 0 aromatic rings. The molecule has 1 unspecified atom stereocenters. The van der Waals surface area contributed by atoms with Gasteiger partial charge < -0.3 is 16.2 Å². The first-order valence-electron chi connectivity index (χ1n) is 6.61. The molecule has 0 radical (unpaired) electrons. The van der Waals surface area contributed by atoms with Gasteiger partial charge in [-0.25, -0.2) is 4.79 Å². The second-order valence-electron chi connectivity index (χ2n) is 5.82. The number of nitrogens with one attached hydrogen (secondary N) is 1. The molecule has 0 saturated heterocycles. The molecule has 1 saturated carbocycles. The van der Waals surface area contributed by atoms with Crippen molar-refractivity contribution >= 4 is 11.9 Å². The van der Waals surface area contributed by atoms with E-state index in [9.17, 15) is 9.59 Å². The van der Waals surface area contributed by atoms with Crippen molar-refractivity contribution in [1.29, 1.82) is 0 Å². The first-order chi connectivity index (χ1) is 8.38. The number of aliphatic carboxylic acids is 1. The zero-order chi connectivity index (χ0) is 13.8. The van der Waals surface area contributed by atoms with Crippen molar-refractivity contribution in [3.8, 4) is 0 Å². The van der Waals surface area contributed by atoms with Crippen molar-refractivity contribution in [3.05, 3.63) is 0 Å². The van der Waals surface area contributed by atoms with Gasteiger partial charge in [0, 0.05) is 6.42 Å². The van der Waals surface area contributed by atoms with Gasteiger partial charge in [-0.15, -0.1) is 0 Å². The molecule has 1 aliphatic rings. The fourth-order valence-electron chi connectivity index (χ4n) is 2.41. The highest BCUT2D eigenvalue weighted by molar-refractivity contribution is 5.83. The van der Waals surface area contributed by atoms with Gasteiger partial charge in [-0.3, -0.25) is 4.79 Å². The van der Waals surface area contributed by atoms with Gasteiger partial charge in [-0.2, -0.15) is 0 Å². The van der Waals surface area contributed by atoms with Crippen molar-refractivity contribution < 1.29 is 14.7 Å².